The van der Waals surface area contributed by atoms with Crippen LogP contribution in [0.2, 0.25) is 0 Å². The molecule has 4 heterocycles. The first-order valence-corrected chi connectivity index (χ1v) is 8.72. The lowest BCUT2D eigenvalue weighted by Crippen LogP contribution is -2.13. The molecule has 0 saturated carbocycles. The lowest BCUT2D eigenvalue weighted by Gasteiger charge is -2.13. The SMILES string of the molecule is Fc1nc(NCc2cnccc2C(F)(F)F)ccc1Cc1c[nH]c2ncccc12. The molecule has 0 atom stereocenters. The van der Waals surface area contributed by atoms with Crippen molar-refractivity contribution in [1.29, 1.82) is 0 Å². The third-order valence-electron chi connectivity index (χ3n) is 4.51. The highest BCUT2D eigenvalue weighted by atomic mass is 19.4. The average molecular weight is 401 g/mol. The lowest BCUT2D eigenvalue weighted by atomic mass is 10.1. The van der Waals surface area contributed by atoms with Gasteiger partial charge in [0.15, 0.2) is 0 Å². The standard InChI is InChI=1S/C20H15F4N5/c21-18-12(8-13-10-28-19-15(13)2-1-6-26-19)3-4-17(29-18)27-11-14-9-25-7-5-16(14)20(22,23)24/h1-7,9-10H,8,11H2,(H,26,28)(H,27,29). The Morgan fingerprint density at radius 1 is 1.00 bits per heavy atom. The predicted molar refractivity (Wildman–Crippen MR) is 99.7 cm³/mol. The van der Waals surface area contributed by atoms with Crippen LogP contribution in [0.4, 0.5) is 23.4 Å². The summed E-state index contributed by atoms with van der Waals surface area (Å²) < 4.78 is 53.6. The van der Waals surface area contributed by atoms with Crippen molar-refractivity contribution in [3.63, 3.8) is 0 Å². The fraction of sp³-hybridized carbons (Fsp3) is 0.150. The number of hydrogen-bond donors (Lipinski definition) is 2. The van der Waals surface area contributed by atoms with Crippen molar-refractivity contribution >= 4 is 16.9 Å². The zero-order valence-electron chi connectivity index (χ0n) is 15.0. The van der Waals surface area contributed by atoms with Gasteiger partial charge in [0.2, 0.25) is 5.95 Å². The molecule has 4 aromatic rings. The first-order chi connectivity index (χ1) is 13.9. The highest BCUT2D eigenvalue weighted by molar-refractivity contribution is 5.79. The molecular formula is C20H15F4N5. The van der Waals surface area contributed by atoms with Gasteiger partial charge in [0.25, 0.3) is 0 Å². The zero-order chi connectivity index (χ0) is 20.4. The Hall–Kier alpha value is -3.49. The number of rotatable bonds is 5. The summed E-state index contributed by atoms with van der Waals surface area (Å²) in [5.74, 6) is -0.542. The molecule has 0 aliphatic heterocycles. The van der Waals surface area contributed by atoms with Crippen molar-refractivity contribution < 1.29 is 17.6 Å². The molecule has 9 heteroatoms. The van der Waals surface area contributed by atoms with E-state index in [9.17, 15) is 17.6 Å². The molecule has 0 fully saturated rings. The van der Waals surface area contributed by atoms with Crippen molar-refractivity contribution in [1.82, 2.24) is 19.9 Å². The Balaban J connectivity index is 1.50. The van der Waals surface area contributed by atoms with Crippen molar-refractivity contribution in [3.05, 3.63) is 83.3 Å². The van der Waals surface area contributed by atoms with Crippen LogP contribution in [0.25, 0.3) is 11.0 Å². The van der Waals surface area contributed by atoms with E-state index in [4.69, 9.17) is 0 Å². The van der Waals surface area contributed by atoms with Crippen LogP contribution < -0.4 is 5.32 Å². The number of alkyl halides is 3. The maximum absolute atomic E-state index is 14.5. The molecule has 0 bridgehead atoms. The fourth-order valence-electron chi connectivity index (χ4n) is 3.09. The van der Waals surface area contributed by atoms with E-state index < -0.39 is 17.7 Å². The lowest BCUT2D eigenvalue weighted by molar-refractivity contribution is -0.138. The van der Waals surface area contributed by atoms with Crippen molar-refractivity contribution in [2.24, 2.45) is 0 Å². The van der Waals surface area contributed by atoms with Crippen LogP contribution in [0, 0.1) is 5.95 Å². The molecule has 4 rings (SSSR count). The molecule has 2 N–H and O–H groups in total. The summed E-state index contributed by atoms with van der Waals surface area (Å²) in [7, 11) is 0. The third-order valence-corrected chi connectivity index (χ3v) is 4.51. The minimum absolute atomic E-state index is 0.0439. The van der Waals surface area contributed by atoms with Crippen LogP contribution in [0.15, 0.2) is 55.1 Å². The van der Waals surface area contributed by atoms with Gasteiger partial charge in [-0.2, -0.15) is 17.6 Å². The van der Waals surface area contributed by atoms with Crippen LogP contribution in [-0.4, -0.2) is 19.9 Å². The van der Waals surface area contributed by atoms with Gasteiger partial charge in [0.1, 0.15) is 11.5 Å². The first-order valence-electron chi connectivity index (χ1n) is 8.72. The Bertz CT molecular complexity index is 1150. The number of nitrogens with one attached hydrogen (secondary N) is 2. The van der Waals surface area contributed by atoms with Crippen molar-refractivity contribution in [2.75, 3.05) is 5.32 Å². The number of nitrogens with zero attached hydrogens (tertiary/aromatic N) is 3. The summed E-state index contributed by atoms with van der Waals surface area (Å²) in [5.41, 5.74) is 1.13. The maximum Gasteiger partial charge on any atom is 0.416 e. The van der Waals surface area contributed by atoms with E-state index in [0.717, 1.165) is 29.4 Å². The Morgan fingerprint density at radius 3 is 2.66 bits per heavy atom. The second-order valence-electron chi connectivity index (χ2n) is 6.42. The number of H-pyrrole nitrogens is 1. The van der Waals surface area contributed by atoms with Crippen LogP contribution in [0.3, 0.4) is 0 Å². The number of hydrogen-bond acceptors (Lipinski definition) is 4. The van der Waals surface area contributed by atoms with Crippen molar-refractivity contribution in [3.8, 4) is 0 Å². The second kappa shape index (κ2) is 7.50. The van der Waals surface area contributed by atoms with Gasteiger partial charge in [-0.3, -0.25) is 4.98 Å². The van der Waals surface area contributed by atoms with Gasteiger partial charge in [0.05, 0.1) is 5.56 Å². The molecule has 0 saturated heterocycles. The molecule has 0 aliphatic rings. The Kier molecular flexibility index (Phi) is 4.87. The van der Waals surface area contributed by atoms with Crippen molar-refractivity contribution in [2.45, 2.75) is 19.1 Å². The molecule has 4 aromatic heterocycles. The number of halogens is 4. The minimum atomic E-state index is -4.49. The monoisotopic (exact) mass is 401 g/mol. The van der Waals surface area contributed by atoms with E-state index in [-0.39, 0.29) is 17.9 Å². The topological polar surface area (TPSA) is 66.5 Å². The number of aromatic nitrogens is 4. The van der Waals surface area contributed by atoms with E-state index in [1.54, 1.807) is 24.5 Å². The Labute approximate surface area is 162 Å². The van der Waals surface area contributed by atoms with Gasteiger partial charge >= 0.3 is 6.18 Å². The predicted octanol–water partition coefficient (Wildman–Crippen LogP) is 4.71. The highest BCUT2D eigenvalue weighted by Gasteiger charge is 2.33. The van der Waals surface area contributed by atoms with E-state index >= 15 is 0 Å². The molecule has 0 aromatic carbocycles. The summed E-state index contributed by atoms with van der Waals surface area (Å²) in [4.78, 5) is 14.8. The van der Waals surface area contributed by atoms with E-state index in [1.165, 1.54) is 6.07 Å². The molecule has 0 aliphatic carbocycles. The smallest absolute Gasteiger partial charge is 0.366 e. The van der Waals surface area contributed by atoms with Crippen LogP contribution >= 0.6 is 0 Å². The highest BCUT2D eigenvalue weighted by Crippen LogP contribution is 2.31. The molecular weight excluding hydrogens is 386 g/mol. The fourth-order valence-corrected chi connectivity index (χ4v) is 3.09. The van der Waals surface area contributed by atoms with E-state index in [0.29, 0.717) is 17.6 Å². The average Bonchev–Trinajstić information content (AvgIpc) is 3.11. The largest absolute Gasteiger partial charge is 0.416 e. The molecule has 5 nitrogen and oxygen atoms in total. The van der Waals surface area contributed by atoms with Gasteiger partial charge in [0, 0.05) is 54.3 Å². The van der Waals surface area contributed by atoms with Gasteiger partial charge in [-0.15, -0.1) is 0 Å². The maximum atomic E-state index is 14.5. The Morgan fingerprint density at radius 2 is 1.86 bits per heavy atom. The summed E-state index contributed by atoms with van der Waals surface area (Å²) in [6.07, 6.45) is 1.47. The van der Waals surface area contributed by atoms with E-state index in [1.807, 2.05) is 6.07 Å². The molecule has 0 amide bonds. The normalized spacial score (nSPS) is 11.7. The molecule has 29 heavy (non-hydrogen) atoms. The molecule has 0 unspecified atom stereocenters. The van der Waals surface area contributed by atoms with Gasteiger partial charge in [-0.1, -0.05) is 6.07 Å². The van der Waals surface area contributed by atoms with Crippen LogP contribution in [0.1, 0.15) is 22.3 Å². The number of fused-ring (bicyclic) bond motifs is 1. The first kappa shape index (κ1) is 18.9. The number of anilines is 1. The minimum Gasteiger partial charge on any atom is -0.366 e. The summed E-state index contributed by atoms with van der Waals surface area (Å²) >= 11 is 0. The summed E-state index contributed by atoms with van der Waals surface area (Å²) in [6.45, 7) is -0.178. The summed E-state index contributed by atoms with van der Waals surface area (Å²) in [5, 5.41) is 3.62. The molecule has 148 valence electrons. The van der Waals surface area contributed by atoms with Crippen LogP contribution in [-0.2, 0) is 19.1 Å². The summed E-state index contributed by atoms with van der Waals surface area (Å²) in [6, 6.07) is 7.70. The van der Waals surface area contributed by atoms with E-state index in [2.05, 4.69) is 25.3 Å². The zero-order valence-corrected chi connectivity index (χ0v) is 15.0. The van der Waals surface area contributed by atoms with Gasteiger partial charge in [-0.05, 0) is 29.8 Å². The quantitative estimate of drug-likeness (QED) is 0.375. The van der Waals surface area contributed by atoms with Gasteiger partial charge in [-0.25, -0.2) is 9.97 Å². The molecule has 0 spiro atoms. The molecule has 0 radical (unpaired) electrons. The number of pyridine rings is 3. The second-order valence-corrected chi connectivity index (χ2v) is 6.42. The third kappa shape index (κ3) is 4.03. The number of aromatic amines is 1. The van der Waals surface area contributed by atoms with Crippen LogP contribution in [0.5, 0.6) is 0 Å². The van der Waals surface area contributed by atoms with Gasteiger partial charge < -0.3 is 10.3 Å².